The average Bonchev–Trinajstić information content (AvgIpc) is 2.96. The molecule has 6 heteroatoms. The van der Waals surface area contributed by atoms with E-state index in [0.717, 1.165) is 11.3 Å². The third kappa shape index (κ3) is 3.14. The lowest BCUT2D eigenvalue weighted by molar-refractivity contribution is 0.102. The Morgan fingerprint density at radius 2 is 1.68 bits per heavy atom. The molecule has 0 saturated carbocycles. The van der Waals surface area contributed by atoms with Crippen LogP contribution in [0.25, 0.3) is 11.3 Å². The van der Waals surface area contributed by atoms with Crippen molar-refractivity contribution in [3.63, 3.8) is 0 Å². The molecule has 0 spiro atoms. The lowest BCUT2D eigenvalue weighted by atomic mass is 10.2. The van der Waals surface area contributed by atoms with E-state index in [9.17, 15) is 4.79 Å². The molecule has 0 fully saturated rings. The first-order chi connectivity index (χ1) is 10.6. The standard InChI is InChI=1S/C16H10Cl2N2OS/c17-12-7-3-1-5-10(12)14-9-22-16(19-14)20-15(21)11-6-2-4-8-13(11)18/h1-9H,(H,19,20,21). The third-order valence-electron chi connectivity index (χ3n) is 2.99. The predicted molar refractivity (Wildman–Crippen MR) is 92.0 cm³/mol. The van der Waals surface area contributed by atoms with E-state index in [-0.39, 0.29) is 5.91 Å². The molecule has 0 saturated heterocycles. The fraction of sp³-hybridized carbons (Fsp3) is 0. The first-order valence-electron chi connectivity index (χ1n) is 6.41. The van der Waals surface area contributed by atoms with E-state index in [2.05, 4.69) is 10.3 Å². The molecule has 0 bridgehead atoms. The Bertz CT molecular complexity index is 832. The SMILES string of the molecule is O=C(Nc1nc(-c2ccccc2Cl)cs1)c1ccccc1Cl. The maximum Gasteiger partial charge on any atom is 0.258 e. The fourth-order valence-corrected chi connectivity index (χ4v) is 3.09. The summed E-state index contributed by atoms with van der Waals surface area (Å²) < 4.78 is 0. The summed E-state index contributed by atoms with van der Waals surface area (Å²) in [5.41, 5.74) is 1.97. The Balaban J connectivity index is 1.82. The van der Waals surface area contributed by atoms with Gasteiger partial charge in [0.25, 0.3) is 5.91 Å². The minimum Gasteiger partial charge on any atom is -0.298 e. The van der Waals surface area contributed by atoms with Gasteiger partial charge >= 0.3 is 0 Å². The van der Waals surface area contributed by atoms with Gasteiger partial charge in [-0.15, -0.1) is 11.3 Å². The second-order valence-corrected chi connectivity index (χ2v) is 6.12. The predicted octanol–water partition coefficient (Wildman–Crippen LogP) is 5.37. The molecule has 1 aromatic heterocycles. The second-order valence-electron chi connectivity index (χ2n) is 4.45. The van der Waals surface area contributed by atoms with Gasteiger partial charge < -0.3 is 0 Å². The van der Waals surface area contributed by atoms with Gasteiger partial charge in [0.2, 0.25) is 0 Å². The Morgan fingerprint density at radius 1 is 1.00 bits per heavy atom. The lowest BCUT2D eigenvalue weighted by Gasteiger charge is -2.03. The normalized spacial score (nSPS) is 10.5. The third-order valence-corrected chi connectivity index (χ3v) is 4.41. The number of benzene rings is 2. The van der Waals surface area contributed by atoms with Gasteiger partial charge in [-0.1, -0.05) is 53.5 Å². The monoisotopic (exact) mass is 348 g/mol. The van der Waals surface area contributed by atoms with E-state index in [1.807, 2.05) is 23.6 Å². The van der Waals surface area contributed by atoms with Crippen LogP contribution in [0.4, 0.5) is 5.13 Å². The Hall–Kier alpha value is -1.88. The molecule has 1 heterocycles. The number of amides is 1. The molecule has 3 rings (SSSR count). The van der Waals surface area contributed by atoms with E-state index < -0.39 is 0 Å². The lowest BCUT2D eigenvalue weighted by Crippen LogP contribution is -2.12. The Labute approximate surface area is 141 Å². The minimum absolute atomic E-state index is 0.286. The van der Waals surface area contributed by atoms with Crippen molar-refractivity contribution in [2.24, 2.45) is 0 Å². The molecule has 0 radical (unpaired) electrons. The molecule has 0 aliphatic carbocycles. The van der Waals surface area contributed by atoms with Crippen LogP contribution in [0.5, 0.6) is 0 Å². The number of nitrogens with zero attached hydrogens (tertiary/aromatic N) is 1. The molecule has 0 aliphatic rings. The molecular weight excluding hydrogens is 339 g/mol. The van der Waals surface area contributed by atoms with E-state index in [1.165, 1.54) is 11.3 Å². The van der Waals surface area contributed by atoms with Crippen LogP contribution in [0, 0.1) is 0 Å². The molecule has 1 N–H and O–H groups in total. The highest BCUT2D eigenvalue weighted by atomic mass is 35.5. The summed E-state index contributed by atoms with van der Waals surface area (Å²) in [6.45, 7) is 0. The van der Waals surface area contributed by atoms with Crippen molar-refractivity contribution in [2.45, 2.75) is 0 Å². The van der Waals surface area contributed by atoms with Crippen molar-refractivity contribution in [1.82, 2.24) is 4.98 Å². The molecule has 0 unspecified atom stereocenters. The van der Waals surface area contributed by atoms with Crippen LogP contribution in [-0.2, 0) is 0 Å². The molecule has 110 valence electrons. The summed E-state index contributed by atoms with van der Waals surface area (Å²) in [6.07, 6.45) is 0. The van der Waals surface area contributed by atoms with E-state index in [4.69, 9.17) is 23.2 Å². The highest BCUT2D eigenvalue weighted by molar-refractivity contribution is 7.14. The van der Waals surface area contributed by atoms with Gasteiger partial charge in [0.15, 0.2) is 5.13 Å². The molecule has 3 aromatic rings. The molecule has 0 atom stereocenters. The van der Waals surface area contributed by atoms with Gasteiger partial charge in [-0.25, -0.2) is 4.98 Å². The topological polar surface area (TPSA) is 42.0 Å². The maximum atomic E-state index is 12.2. The zero-order chi connectivity index (χ0) is 15.5. The highest BCUT2D eigenvalue weighted by Gasteiger charge is 2.13. The minimum atomic E-state index is -0.286. The van der Waals surface area contributed by atoms with E-state index in [1.54, 1.807) is 30.3 Å². The van der Waals surface area contributed by atoms with Crippen LogP contribution in [0.1, 0.15) is 10.4 Å². The summed E-state index contributed by atoms with van der Waals surface area (Å²) >= 11 is 13.5. The van der Waals surface area contributed by atoms with Crippen molar-refractivity contribution >= 4 is 45.6 Å². The molecule has 2 aromatic carbocycles. The molecule has 1 amide bonds. The van der Waals surface area contributed by atoms with Crippen LogP contribution in [0.15, 0.2) is 53.9 Å². The quantitative estimate of drug-likeness (QED) is 0.691. The van der Waals surface area contributed by atoms with E-state index in [0.29, 0.717) is 20.7 Å². The van der Waals surface area contributed by atoms with Crippen molar-refractivity contribution < 1.29 is 4.79 Å². The van der Waals surface area contributed by atoms with Crippen LogP contribution in [0.3, 0.4) is 0 Å². The summed E-state index contributed by atoms with van der Waals surface area (Å²) in [7, 11) is 0. The van der Waals surface area contributed by atoms with Crippen LogP contribution >= 0.6 is 34.5 Å². The van der Waals surface area contributed by atoms with Gasteiger partial charge in [0.05, 0.1) is 16.3 Å². The van der Waals surface area contributed by atoms with Gasteiger partial charge in [-0.2, -0.15) is 0 Å². The number of anilines is 1. The molecule has 3 nitrogen and oxygen atoms in total. The Morgan fingerprint density at radius 3 is 2.41 bits per heavy atom. The highest BCUT2D eigenvalue weighted by Crippen LogP contribution is 2.30. The number of halogens is 2. The number of hydrogen-bond donors (Lipinski definition) is 1. The number of hydrogen-bond acceptors (Lipinski definition) is 3. The summed E-state index contributed by atoms with van der Waals surface area (Å²) in [5, 5.41) is 6.13. The van der Waals surface area contributed by atoms with Crippen molar-refractivity contribution in [3.05, 3.63) is 69.5 Å². The van der Waals surface area contributed by atoms with Gasteiger partial charge in [0, 0.05) is 16.0 Å². The zero-order valence-electron chi connectivity index (χ0n) is 11.2. The smallest absolute Gasteiger partial charge is 0.258 e. The number of rotatable bonds is 3. The summed E-state index contributed by atoms with van der Waals surface area (Å²) in [6, 6.07) is 14.3. The van der Waals surface area contributed by atoms with Crippen molar-refractivity contribution in [1.29, 1.82) is 0 Å². The number of carbonyl (C=O) groups is 1. The van der Waals surface area contributed by atoms with E-state index >= 15 is 0 Å². The van der Waals surface area contributed by atoms with Gasteiger partial charge in [-0.05, 0) is 18.2 Å². The summed E-state index contributed by atoms with van der Waals surface area (Å²) in [5.74, 6) is -0.286. The van der Waals surface area contributed by atoms with Crippen molar-refractivity contribution in [2.75, 3.05) is 5.32 Å². The fourth-order valence-electron chi connectivity index (χ4n) is 1.93. The van der Waals surface area contributed by atoms with Crippen LogP contribution in [-0.4, -0.2) is 10.9 Å². The average molecular weight is 349 g/mol. The molecular formula is C16H10Cl2N2OS. The maximum absolute atomic E-state index is 12.2. The zero-order valence-corrected chi connectivity index (χ0v) is 13.5. The number of nitrogens with one attached hydrogen (secondary N) is 1. The Kier molecular flexibility index (Phi) is 4.43. The molecule has 0 aliphatic heterocycles. The number of carbonyl (C=O) groups excluding carboxylic acids is 1. The number of thiazole rings is 1. The summed E-state index contributed by atoms with van der Waals surface area (Å²) in [4.78, 5) is 16.6. The van der Waals surface area contributed by atoms with Gasteiger partial charge in [-0.3, -0.25) is 10.1 Å². The first kappa shape index (κ1) is 15.0. The second kappa shape index (κ2) is 6.48. The van der Waals surface area contributed by atoms with Gasteiger partial charge in [0.1, 0.15) is 0 Å². The molecule has 22 heavy (non-hydrogen) atoms. The largest absolute Gasteiger partial charge is 0.298 e. The number of aromatic nitrogens is 1. The van der Waals surface area contributed by atoms with Crippen LogP contribution in [0.2, 0.25) is 10.0 Å². The first-order valence-corrected chi connectivity index (χ1v) is 8.05. The van der Waals surface area contributed by atoms with Crippen molar-refractivity contribution in [3.8, 4) is 11.3 Å². The van der Waals surface area contributed by atoms with Crippen LogP contribution < -0.4 is 5.32 Å².